The highest BCUT2D eigenvalue weighted by Crippen LogP contribution is 2.29. The third-order valence-corrected chi connectivity index (χ3v) is 4.84. The third-order valence-electron chi connectivity index (χ3n) is 4.84. The Bertz CT molecular complexity index is 1250. The molecule has 7 heteroatoms. The van der Waals surface area contributed by atoms with E-state index in [2.05, 4.69) is 15.3 Å². The molecule has 4 nitrogen and oxygen atoms in total. The van der Waals surface area contributed by atoms with Gasteiger partial charge >= 0.3 is 6.18 Å². The Labute approximate surface area is 170 Å². The summed E-state index contributed by atoms with van der Waals surface area (Å²) in [5, 5.41) is 4.89. The van der Waals surface area contributed by atoms with Crippen molar-refractivity contribution in [1.82, 2.24) is 15.3 Å². The van der Waals surface area contributed by atoms with Crippen LogP contribution in [0.5, 0.6) is 0 Å². The van der Waals surface area contributed by atoms with Gasteiger partial charge in [0, 0.05) is 22.4 Å². The highest BCUT2D eigenvalue weighted by Gasteiger charge is 2.29. The molecule has 2 heterocycles. The second-order valence-electron chi connectivity index (χ2n) is 6.96. The number of aromatic nitrogens is 2. The minimum Gasteiger partial charge on any atom is -0.353 e. The number of fused-ring (bicyclic) bond motifs is 3. The van der Waals surface area contributed by atoms with Crippen molar-refractivity contribution in [3.05, 3.63) is 83.2 Å². The number of H-pyrrole nitrogens is 1. The van der Waals surface area contributed by atoms with Crippen LogP contribution in [-0.4, -0.2) is 15.9 Å². The number of para-hydroxylation sites is 1. The van der Waals surface area contributed by atoms with Crippen LogP contribution >= 0.6 is 0 Å². The van der Waals surface area contributed by atoms with Crippen LogP contribution in [0.15, 0.2) is 60.7 Å². The zero-order chi connectivity index (χ0) is 21.3. The second-order valence-corrected chi connectivity index (χ2v) is 6.96. The fraction of sp³-hybridized carbons (Fsp3) is 0.130. The molecule has 0 radical (unpaired) electrons. The van der Waals surface area contributed by atoms with Gasteiger partial charge in [-0.1, -0.05) is 30.3 Å². The average Bonchev–Trinajstić information content (AvgIpc) is 3.10. The summed E-state index contributed by atoms with van der Waals surface area (Å²) in [4.78, 5) is 20.0. The first-order valence-electron chi connectivity index (χ1n) is 9.31. The van der Waals surface area contributed by atoms with Crippen molar-refractivity contribution >= 4 is 33.8 Å². The first-order valence-corrected chi connectivity index (χ1v) is 9.31. The van der Waals surface area contributed by atoms with Gasteiger partial charge in [0.25, 0.3) is 0 Å². The van der Waals surface area contributed by atoms with Gasteiger partial charge in [0.1, 0.15) is 0 Å². The molecular weight excluding hydrogens is 391 g/mol. The van der Waals surface area contributed by atoms with Crippen molar-refractivity contribution in [2.75, 3.05) is 0 Å². The highest BCUT2D eigenvalue weighted by molar-refractivity contribution is 6.07. The molecule has 4 rings (SSSR count). The van der Waals surface area contributed by atoms with Crippen LogP contribution < -0.4 is 5.32 Å². The maximum atomic E-state index is 12.6. The van der Waals surface area contributed by atoms with E-state index in [0.717, 1.165) is 45.3 Å². The molecule has 0 spiro atoms. The number of carbonyl (C=O) groups excluding carboxylic acids is 1. The third kappa shape index (κ3) is 4.05. The van der Waals surface area contributed by atoms with Gasteiger partial charge in [0.05, 0.1) is 29.0 Å². The molecule has 0 aliphatic rings. The van der Waals surface area contributed by atoms with E-state index >= 15 is 0 Å². The lowest BCUT2D eigenvalue weighted by Crippen LogP contribution is -2.21. The second kappa shape index (κ2) is 7.67. The Kier molecular flexibility index (Phi) is 5.03. The Hall–Kier alpha value is -3.61. The van der Waals surface area contributed by atoms with Crippen LogP contribution in [0, 0.1) is 6.92 Å². The topological polar surface area (TPSA) is 57.8 Å². The predicted molar refractivity (Wildman–Crippen MR) is 111 cm³/mol. The lowest BCUT2D eigenvalue weighted by atomic mass is 10.1. The molecule has 0 saturated heterocycles. The number of benzene rings is 2. The summed E-state index contributed by atoms with van der Waals surface area (Å²) in [5.41, 5.74) is 3.34. The van der Waals surface area contributed by atoms with Gasteiger partial charge in [0.2, 0.25) is 5.91 Å². The number of nitrogens with one attached hydrogen (secondary N) is 2. The number of halogens is 3. The van der Waals surface area contributed by atoms with Crippen molar-refractivity contribution in [2.45, 2.75) is 19.6 Å². The van der Waals surface area contributed by atoms with Crippen molar-refractivity contribution in [2.24, 2.45) is 0 Å². The normalized spacial score (nSPS) is 12.1. The van der Waals surface area contributed by atoms with Gasteiger partial charge in [-0.05, 0) is 42.8 Å². The monoisotopic (exact) mass is 409 g/mol. The Morgan fingerprint density at radius 1 is 1.10 bits per heavy atom. The zero-order valence-corrected chi connectivity index (χ0v) is 16.0. The first kappa shape index (κ1) is 19.7. The quantitative estimate of drug-likeness (QED) is 0.445. The van der Waals surface area contributed by atoms with E-state index in [1.807, 2.05) is 37.3 Å². The van der Waals surface area contributed by atoms with E-state index in [1.54, 1.807) is 0 Å². The molecule has 0 unspecified atom stereocenters. The fourth-order valence-corrected chi connectivity index (χ4v) is 3.35. The van der Waals surface area contributed by atoms with Gasteiger partial charge in [-0.15, -0.1) is 0 Å². The maximum Gasteiger partial charge on any atom is 0.416 e. The van der Waals surface area contributed by atoms with E-state index in [0.29, 0.717) is 5.56 Å². The zero-order valence-electron chi connectivity index (χ0n) is 16.0. The van der Waals surface area contributed by atoms with Crippen LogP contribution in [0.25, 0.3) is 27.9 Å². The molecule has 0 saturated carbocycles. The average molecular weight is 409 g/mol. The van der Waals surface area contributed by atoms with Crippen LogP contribution in [0.4, 0.5) is 13.2 Å². The molecule has 2 N–H and O–H groups in total. The van der Waals surface area contributed by atoms with Crippen LogP contribution in [0.2, 0.25) is 0 Å². The molecule has 0 fully saturated rings. The fourth-order valence-electron chi connectivity index (χ4n) is 3.35. The number of alkyl halides is 3. The Morgan fingerprint density at radius 3 is 2.57 bits per heavy atom. The number of hydrogen-bond acceptors (Lipinski definition) is 2. The number of nitrogens with zero attached hydrogens (tertiary/aromatic N) is 1. The predicted octanol–water partition coefficient (Wildman–Crippen LogP) is 5.37. The molecule has 2 aromatic carbocycles. The molecular formula is C23H18F3N3O. The lowest BCUT2D eigenvalue weighted by Gasteiger charge is -2.06. The summed E-state index contributed by atoms with van der Waals surface area (Å²) < 4.78 is 37.8. The first-order chi connectivity index (χ1) is 14.3. The minimum absolute atomic E-state index is 0.243. The van der Waals surface area contributed by atoms with E-state index in [4.69, 9.17) is 0 Å². The Balaban J connectivity index is 1.45. The van der Waals surface area contributed by atoms with Crippen LogP contribution in [0.3, 0.4) is 0 Å². The minimum atomic E-state index is -4.38. The largest absolute Gasteiger partial charge is 0.416 e. The molecule has 1 amide bonds. The molecule has 2 aromatic heterocycles. The number of amides is 1. The molecule has 30 heavy (non-hydrogen) atoms. The molecule has 0 aliphatic carbocycles. The van der Waals surface area contributed by atoms with Crippen molar-refractivity contribution in [1.29, 1.82) is 0 Å². The molecule has 0 atom stereocenters. The summed E-state index contributed by atoms with van der Waals surface area (Å²) in [7, 11) is 0. The Morgan fingerprint density at radius 2 is 1.83 bits per heavy atom. The van der Waals surface area contributed by atoms with Crippen LogP contribution in [-0.2, 0) is 17.5 Å². The number of pyridine rings is 1. The molecule has 4 aromatic rings. The summed E-state index contributed by atoms with van der Waals surface area (Å²) in [6, 6.07) is 14.5. The smallest absolute Gasteiger partial charge is 0.353 e. The summed E-state index contributed by atoms with van der Waals surface area (Å²) in [5.74, 6) is -0.353. The summed E-state index contributed by atoms with van der Waals surface area (Å²) in [6.45, 7) is 2.15. The number of carbonyl (C=O) groups is 1. The molecule has 152 valence electrons. The van der Waals surface area contributed by atoms with Crippen LogP contribution in [0.1, 0.15) is 22.5 Å². The lowest BCUT2D eigenvalue weighted by molar-refractivity contribution is -0.137. The van der Waals surface area contributed by atoms with Gasteiger partial charge < -0.3 is 10.3 Å². The van der Waals surface area contributed by atoms with Crippen molar-refractivity contribution < 1.29 is 18.0 Å². The van der Waals surface area contributed by atoms with E-state index in [9.17, 15) is 18.0 Å². The van der Waals surface area contributed by atoms with Gasteiger partial charge in [-0.25, -0.2) is 0 Å². The van der Waals surface area contributed by atoms with Gasteiger partial charge in [-0.3, -0.25) is 9.78 Å². The summed E-state index contributed by atoms with van der Waals surface area (Å²) in [6.07, 6.45) is -1.62. The van der Waals surface area contributed by atoms with Crippen molar-refractivity contribution in [3.8, 4) is 0 Å². The standard InChI is InChI=1S/C23H18F3N3O/c1-14-22-19(18-4-2-3-5-20(18)29-22)12-17(28-14)13-27-21(30)11-8-15-6-9-16(10-7-15)23(24,25)26/h2-12,29H,13H2,1H3,(H,27,30)/b11-8+. The van der Waals surface area contributed by atoms with E-state index < -0.39 is 11.7 Å². The van der Waals surface area contributed by atoms with Crippen molar-refractivity contribution in [3.63, 3.8) is 0 Å². The van der Waals surface area contributed by atoms with Gasteiger partial charge in [0.15, 0.2) is 0 Å². The molecule has 0 bridgehead atoms. The number of hydrogen-bond donors (Lipinski definition) is 2. The number of aromatic amines is 1. The number of rotatable bonds is 4. The van der Waals surface area contributed by atoms with E-state index in [1.165, 1.54) is 24.3 Å². The molecule has 0 aliphatic heterocycles. The SMILES string of the molecule is Cc1nc(CNC(=O)/C=C/c2ccc(C(F)(F)F)cc2)cc2c1[nH]c1ccccc12. The maximum absolute atomic E-state index is 12.6. The van der Waals surface area contributed by atoms with E-state index in [-0.39, 0.29) is 12.5 Å². The van der Waals surface area contributed by atoms with Gasteiger partial charge in [-0.2, -0.15) is 13.2 Å². The summed E-state index contributed by atoms with van der Waals surface area (Å²) >= 11 is 0. The highest BCUT2D eigenvalue weighted by atomic mass is 19.4. The number of aryl methyl sites for hydroxylation is 1.